The normalized spacial score (nSPS) is 12.4. The van der Waals surface area contributed by atoms with Gasteiger partial charge in [0.1, 0.15) is 6.04 Å². The first-order chi connectivity index (χ1) is 6.76. The molecule has 0 amide bonds. The third kappa shape index (κ3) is 3.19. The second-order valence-corrected chi connectivity index (χ2v) is 3.31. The van der Waals surface area contributed by atoms with E-state index in [0.29, 0.717) is 6.54 Å². The molecule has 1 aromatic rings. The number of hydrogen-bond acceptors (Lipinski definition) is 3. The van der Waals surface area contributed by atoms with Crippen LogP contribution < -0.4 is 5.32 Å². The summed E-state index contributed by atoms with van der Waals surface area (Å²) in [5.74, 6) is 0. The summed E-state index contributed by atoms with van der Waals surface area (Å²) in [5, 5.41) is 16.3. The van der Waals surface area contributed by atoms with Crippen LogP contribution in [0.4, 0.5) is 0 Å². The highest BCUT2D eigenvalue weighted by molar-refractivity contribution is 4.97. The van der Waals surface area contributed by atoms with Crippen molar-refractivity contribution in [1.29, 1.82) is 5.26 Å². The maximum absolute atomic E-state index is 8.87. The van der Waals surface area contributed by atoms with E-state index in [-0.39, 0.29) is 6.04 Å². The summed E-state index contributed by atoms with van der Waals surface area (Å²) < 4.78 is 1.80. The fourth-order valence-electron chi connectivity index (χ4n) is 1.22. The van der Waals surface area contributed by atoms with Crippen molar-refractivity contribution in [2.75, 3.05) is 6.54 Å². The fourth-order valence-corrected chi connectivity index (χ4v) is 1.22. The van der Waals surface area contributed by atoms with Gasteiger partial charge in [0.05, 0.1) is 18.3 Å². The van der Waals surface area contributed by atoms with Gasteiger partial charge in [0, 0.05) is 6.20 Å². The Kier molecular flexibility index (Phi) is 4.14. The largest absolute Gasteiger partial charge is 0.300 e. The molecule has 1 aromatic heterocycles. The summed E-state index contributed by atoms with van der Waals surface area (Å²) in [7, 11) is 0. The van der Waals surface area contributed by atoms with E-state index < -0.39 is 0 Å². The van der Waals surface area contributed by atoms with Crippen molar-refractivity contribution in [1.82, 2.24) is 15.1 Å². The first-order valence-corrected chi connectivity index (χ1v) is 4.89. The van der Waals surface area contributed by atoms with E-state index >= 15 is 0 Å². The molecule has 0 aromatic carbocycles. The molecular formula is C10H16N4. The molecule has 1 atom stereocenters. The maximum Gasteiger partial charge on any atom is 0.115 e. The summed E-state index contributed by atoms with van der Waals surface area (Å²) in [6.45, 7) is 5.51. The molecule has 0 radical (unpaired) electrons. The molecule has 1 N–H and O–H groups in total. The van der Waals surface area contributed by atoms with Crippen LogP contribution in [0.5, 0.6) is 0 Å². The van der Waals surface area contributed by atoms with Crippen LogP contribution in [0.25, 0.3) is 0 Å². The summed E-state index contributed by atoms with van der Waals surface area (Å²) in [6.07, 6.45) is 2.93. The molecule has 1 unspecified atom stereocenters. The molecule has 0 aliphatic heterocycles. The van der Waals surface area contributed by atoms with E-state index in [0.717, 1.165) is 18.7 Å². The molecule has 0 aliphatic rings. The van der Waals surface area contributed by atoms with Crippen LogP contribution in [0, 0.1) is 18.3 Å². The SMILES string of the molecule is CCCNC(C#N)Cn1ccc(C)n1. The first kappa shape index (κ1) is 10.7. The molecule has 4 heteroatoms. The predicted molar refractivity (Wildman–Crippen MR) is 54.7 cm³/mol. The van der Waals surface area contributed by atoms with Gasteiger partial charge in [-0.3, -0.25) is 4.68 Å². The summed E-state index contributed by atoms with van der Waals surface area (Å²) in [4.78, 5) is 0. The van der Waals surface area contributed by atoms with Crippen LogP contribution >= 0.6 is 0 Å². The highest BCUT2D eigenvalue weighted by Gasteiger charge is 2.06. The fraction of sp³-hybridized carbons (Fsp3) is 0.600. The van der Waals surface area contributed by atoms with Gasteiger partial charge >= 0.3 is 0 Å². The number of aromatic nitrogens is 2. The molecular weight excluding hydrogens is 176 g/mol. The quantitative estimate of drug-likeness (QED) is 0.759. The molecule has 1 rings (SSSR count). The highest BCUT2D eigenvalue weighted by Crippen LogP contribution is 1.95. The van der Waals surface area contributed by atoms with Crippen molar-refractivity contribution in [3.63, 3.8) is 0 Å². The molecule has 0 saturated carbocycles. The minimum Gasteiger partial charge on any atom is -0.300 e. The number of nitrogens with zero attached hydrogens (tertiary/aromatic N) is 3. The van der Waals surface area contributed by atoms with Crippen molar-refractivity contribution in [2.24, 2.45) is 0 Å². The Morgan fingerprint density at radius 2 is 2.50 bits per heavy atom. The lowest BCUT2D eigenvalue weighted by Gasteiger charge is -2.10. The smallest absolute Gasteiger partial charge is 0.115 e. The number of hydrogen-bond donors (Lipinski definition) is 1. The van der Waals surface area contributed by atoms with Gasteiger partial charge in [-0.1, -0.05) is 6.92 Å². The van der Waals surface area contributed by atoms with Crippen LogP contribution in [0.3, 0.4) is 0 Å². The lowest BCUT2D eigenvalue weighted by atomic mass is 10.3. The molecule has 1 heterocycles. The van der Waals surface area contributed by atoms with Gasteiger partial charge in [-0.25, -0.2) is 0 Å². The first-order valence-electron chi connectivity index (χ1n) is 4.89. The maximum atomic E-state index is 8.87. The number of nitrogens with one attached hydrogen (secondary N) is 1. The standard InChI is InChI=1S/C10H16N4/c1-3-5-12-10(7-11)8-14-6-4-9(2)13-14/h4,6,10,12H,3,5,8H2,1-2H3. The van der Waals surface area contributed by atoms with Crippen molar-refractivity contribution >= 4 is 0 Å². The molecule has 0 bridgehead atoms. The lowest BCUT2D eigenvalue weighted by Crippen LogP contribution is -2.32. The van der Waals surface area contributed by atoms with Gasteiger partial charge in [-0.05, 0) is 26.0 Å². The van der Waals surface area contributed by atoms with Crippen molar-refractivity contribution < 1.29 is 0 Å². The van der Waals surface area contributed by atoms with Crippen molar-refractivity contribution in [3.8, 4) is 6.07 Å². The van der Waals surface area contributed by atoms with E-state index in [2.05, 4.69) is 23.4 Å². The molecule has 0 fully saturated rings. The zero-order chi connectivity index (χ0) is 10.4. The molecule has 0 saturated heterocycles. The van der Waals surface area contributed by atoms with Gasteiger partial charge in [0.25, 0.3) is 0 Å². The summed E-state index contributed by atoms with van der Waals surface area (Å²) >= 11 is 0. The molecule has 76 valence electrons. The average Bonchev–Trinajstić information content (AvgIpc) is 2.58. The van der Waals surface area contributed by atoms with Crippen molar-refractivity contribution in [2.45, 2.75) is 32.9 Å². The van der Waals surface area contributed by atoms with E-state index in [1.807, 2.05) is 19.2 Å². The van der Waals surface area contributed by atoms with Crippen LogP contribution in [-0.4, -0.2) is 22.4 Å². The Balaban J connectivity index is 2.45. The predicted octanol–water partition coefficient (Wildman–Crippen LogP) is 1.08. The third-order valence-electron chi connectivity index (χ3n) is 1.94. The lowest BCUT2D eigenvalue weighted by molar-refractivity contribution is 0.489. The topological polar surface area (TPSA) is 53.6 Å². The Morgan fingerprint density at radius 1 is 1.71 bits per heavy atom. The third-order valence-corrected chi connectivity index (χ3v) is 1.94. The number of nitriles is 1. The highest BCUT2D eigenvalue weighted by atomic mass is 15.3. The van der Waals surface area contributed by atoms with Crippen LogP contribution in [-0.2, 0) is 6.54 Å². The van der Waals surface area contributed by atoms with Gasteiger partial charge in [-0.2, -0.15) is 10.4 Å². The van der Waals surface area contributed by atoms with E-state index in [4.69, 9.17) is 5.26 Å². The van der Waals surface area contributed by atoms with Gasteiger partial charge in [-0.15, -0.1) is 0 Å². The monoisotopic (exact) mass is 192 g/mol. The Labute approximate surface area is 84.5 Å². The van der Waals surface area contributed by atoms with Gasteiger partial charge in [0.2, 0.25) is 0 Å². The minimum absolute atomic E-state index is 0.144. The van der Waals surface area contributed by atoms with Crippen LogP contribution in [0.2, 0.25) is 0 Å². The molecule has 14 heavy (non-hydrogen) atoms. The second kappa shape index (κ2) is 5.40. The van der Waals surface area contributed by atoms with E-state index in [9.17, 15) is 0 Å². The van der Waals surface area contributed by atoms with Crippen molar-refractivity contribution in [3.05, 3.63) is 18.0 Å². The number of aryl methyl sites for hydroxylation is 1. The van der Waals surface area contributed by atoms with E-state index in [1.165, 1.54) is 0 Å². The number of rotatable bonds is 5. The van der Waals surface area contributed by atoms with Gasteiger partial charge < -0.3 is 5.32 Å². The molecule has 0 spiro atoms. The van der Waals surface area contributed by atoms with Gasteiger partial charge in [0.15, 0.2) is 0 Å². The molecule has 4 nitrogen and oxygen atoms in total. The molecule has 0 aliphatic carbocycles. The Morgan fingerprint density at radius 3 is 3.00 bits per heavy atom. The zero-order valence-corrected chi connectivity index (χ0v) is 8.70. The zero-order valence-electron chi connectivity index (χ0n) is 8.70. The van der Waals surface area contributed by atoms with Crippen LogP contribution in [0.15, 0.2) is 12.3 Å². The summed E-state index contributed by atoms with van der Waals surface area (Å²) in [6, 6.07) is 4.02. The van der Waals surface area contributed by atoms with E-state index in [1.54, 1.807) is 4.68 Å². The minimum atomic E-state index is -0.144. The average molecular weight is 192 g/mol. The summed E-state index contributed by atoms with van der Waals surface area (Å²) in [5.41, 5.74) is 0.984. The second-order valence-electron chi connectivity index (χ2n) is 3.31. The Bertz CT molecular complexity index is 310. The Hall–Kier alpha value is -1.34. The van der Waals surface area contributed by atoms with Crippen LogP contribution in [0.1, 0.15) is 19.0 Å².